The van der Waals surface area contributed by atoms with Crippen LogP contribution >= 0.6 is 11.3 Å². The quantitative estimate of drug-likeness (QED) is 0.922. The molecule has 112 valence electrons. The minimum Gasteiger partial charge on any atom is -0.481 e. The van der Waals surface area contributed by atoms with E-state index in [9.17, 15) is 14.0 Å². The lowest BCUT2D eigenvalue weighted by molar-refractivity contribution is -0.141. The van der Waals surface area contributed by atoms with Gasteiger partial charge in [0.25, 0.3) is 5.91 Å². The van der Waals surface area contributed by atoms with Gasteiger partial charge in [-0.2, -0.15) is 0 Å². The van der Waals surface area contributed by atoms with Gasteiger partial charge in [0.05, 0.1) is 10.8 Å². The fourth-order valence-electron chi connectivity index (χ4n) is 2.04. The summed E-state index contributed by atoms with van der Waals surface area (Å²) in [6.45, 7) is 3.96. The maximum atomic E-state index is 13.2. The fourth-order valence-corrected chi connectivity index (χ4v) is 3.05. The molecule has 21 heavy (non-hydrogen) atoms. The Balaban J connectivity index is 2.24. The second-order valence-electron chi connectivity index (χ2n) is 4.88. The van der Waals surface area contributed by atoms with Gasteiger partial charge in [-0.1, -0.05) is 6.92 Å². The van der Waals surface area contributed by atoms with Gasteiger partial charge in [0, 0.05) is 17.8 Å². The molecule has 0 radical (unpaired) electrons. The smallest absolute Gasteiger partial charge is 0.308 e. The zero-order valence-electron chi connectivity index (χ0n) is 11.8. The third kappa shape index (κ3) is 3.39. The van der Waals surface area contributed by atoms with Crippen molar-refractivity contribution in [1.82, 2.24) is 4.90 Å². The molecule has 0 fully saturated rings. The Morgan fingerprint density at radius 3 is 2.71 bits per heavy atom. The van der Waals surface area contributed by atoms with Gasteiger partial charge in [-0.3, -0.25) is 9.59 Å². The largest absolute Gasteiger partial charge is 0.481 e. The van der Waals surface area contributed by atoms with E-state index in [-0.39, 0.29) is 18.3 Å². The number of fused-ring (bicyclic) bond motifs is 1. The number of hydrogen-bond donors (Lipinski definition) is 1. The van der Waals surface area contributed by atoms with Gasteiger partial charge in [0.15, 0.2) is 0 Å². The minimum absolute atomic E-state index is 0.160. The number of hydrogen-bond acceptors (Lipinski definition) is 3. The van der Waals surface area contributed by atoms with Gasteiger partial charge in [0.2, 0.25) is 0 Å². The van der Waals surface area contributed by atoms with E-state index in [4.69, 9.17) is 5.11 Å². The van der Waals surface area contributed by atoms with Gasteiger partial charge >= 0.3 is 5.97 Å². The van der Waals surface area contributed by atoms with E-state index < -0.39 is 11.9 Å². The number of halogens is 1. The van der Waals surface area contributed by atoms with Crippen LogP contribution in [-0.4, -0.2) is 35.0 Å². The highest BCUT2D eigenvalue weighted by Crippen LogP contribution is 2.27. The van der Waals surface area contributed by atoms with Crippen LogP contribution in [-0.2, 0) is 4.79 Å². The third-order valence-corrected chi connectivity index (χ3v) is 4.38. The number of carbonyl (C=O) groups is 2. The molecule has 0 aliphatic carbocycles. The topological polar surface area (TPSA) is 57.6 Å². The van der Waals surface area contributed by atoms with Gasteiger partial charge < -0.3 is 10.0 Å². The molecule has 1 amide bonds. The number of benzene rings is 1. The molecule has 0 bridgehead atoms. The van der Waals surface area contributed by atoms with E-state index in [1.165, 1.54) is 28.4 Å². The normalized spacial score (nSPS) is 12.3. The molecule has 1 aromatic carbocycles. The fraction of sp³-hybridized carbons (Fsp3) is 0.333. The van der Waals surface area contributed by atoms with Crippen LogP contribution in [0.25, 0.3) is 10.1 Å². The van der Waals surface area contributed by atoms with E-state index in [1.807, 2.05) is 0 Å². The predicted molar refractivity (Wildman–Crippen MR) is 80.2 cm³/mol. The van der Waals surface area contributed by atoms with Crippen LogP contribution < -0.4 is 0 Å². The van der Waals surface area contributed by atoms with Gasteiger partial charge in [-0.25, -0.2) is 4.39 Å². The highest BCUT2D eigenvalue weighted by atomic mass is 32.1. The Morgan fingerprint density at radius 2 is 2.10 bits per heavy atom. The van der Waals surface area contributed by atoms with E-state index in [0.29, 0.717) is 16.8 Å². The Kier molecular flexibility index (Phi) is 4.57. The monoisotopic (exact) mass is 309 g/mol. The summed E-state index contributed by atoms with van der Waals surface area (Å²) in [5.74, 6) is -2.11. The number of carboxylic acids is 1. The summed E-state index contributed by atoms with van der Waals surface area (Å²) in [5, 5.41) is 9.63. The third-order valence-electron chi connectivity index (χ3n) is 3.27. The SMILES string of the molecule is CCN(CC(C)C(=O)O)C(=O)c1cc2cc(F)ccc2s1. The molecule has 1 heterocycles. The highest BCUT2D eigenvalue weighted by molar-refractivity contribution is 7.20. The lowest BCUT2D eigenvalue weighted by atomic mass is 10.1. The van der Waals surface area contributed by atoms with Crippen molar-refractivity contribution in [3.63, 3.8) is 0 Å². The highest BCUT2D eigenvalue weighted by Gasteiger charge is 2.21. The maximum absolute atomic E-state index is 13.2. The Morgan fingerprint density at radius 1 is 1.38 bits per heavy atom. The van der Waals surface area contributed by atoms with Crippen LogP contribution in [0.5, 0.6) is 0 Å². The lowest BCUT2D eigenvalue weighted by Gasteiger charge is -2.22. The van der Waals surface area contributed by atoms with Crippen molar-refractivity contribution < 1.29 is 19.1 Å². The molecule has 1 unspecified atom stereocenters. The summed E-state index contributed by atoms with van der Waals surface area (Å²) in [7, 11) is 0. The van der Waals surface area contributed by atoms with E-state index in [0.717, 1.165) is 4.70 Å². The first-order valence-corrected chi connectivity index (χ1v) is 7.45. The molecule has 0 aliphatic heterocycles. The zero-order valence-corrected chi connectivity index (χ0v) is 12.6. The summed E-state index contributed by atoms with van der Waals surface area (Å²) < 4.78 is 14.0. The van der Waals surface area contributed by atoms with Crippen molar-refractivity contribution in [2.24, 2.45) is 5.92 Å². The molecule has 0 aliphatic rings. The van der Waals surface area contributed by atoms with Crippen molar-refractivity contribution in [1.29, 1.82) is 0 Å². The molecule has 0 spiro atoms. The van der Waals surface area contributed by atoms with Crippen LogP contribution in [0.3, 0.4) is 0 Å². The number of amides is 1. The molecular weight excluding hydrogens is 293 g/mol. The number of rotatable bonds is 5. The Bertz CT molecular complexity index is 683. The first-order valence-electron chi connectivity index (χ1n) is 6.63. The second-order valence-corrected chi connectivity index (χ2v) is 5.96. The molecule has 1 N–H and O–H groups in total. The van der Waals surface area contributed by atoms with Crippen LogP contribution in [0, 0.1) is 11.7 Å². The van der Waals surface area contributed by atoms with Crippen molar-refractivity contribution in [3.05, 3.63) is 35.0 Å². The van der Waals surface area contributed by atoms with E-state index in [1.54, 1.807) is 26.0 Å². The average molecular weight is 309 g/mol. The molecular formula is C15H16FNO3S. The summed E-state index contributed by atoms with van der Waals surface area (Å²) in [6.07, 6.45) is 0. The van der Waals surface area contributed by atoms with Crippen molar-refractivity contribution >= 4 is 33.3 Å². The molecule has 0 saturated heterocycles. The average Bonchev–Trinajstić information content (AvgIpc) is 2.86. The molecule has 6 heteroatoms. The van der Waals surface area contributed by atoms with Gasteiger partial charge in [-0.15, -0.1) is 11.3 Å². The van der Waals surface area contributed by atoms with Crippen LogP contribution in [0.1, 0.15) is 23.5 Å². The van der Waals surface area contributed by atoms with Crippen LogP contribution in [0.2, 0.25) is 0 Å². The lowest BCUT2D eigenvalue weighted by Crippen LogP contribution is -2.36. The zero-order chi connectivity index (χ0) is 15.6. The molecule has 2 rings (SSSR count). The van der Waals surface area contributed by atoms with Gasteiger partial charge in [-0.05, 0) is 36.6 Å². The molecule has 1 aromatic heterocycles. The van der Waals surface area contributed by atoms with Crippen molar-refractivity contribution in [3.8, 4) is 0 Å². The minimum atomic E-state index is -0.931. The molecule has 4 nitrogen and oxygen atoms in total. The Labute approximate surface area is 125 Å². The van der Waals surface area contributed by atoms with E-state index in [2.05, 4.69) is 0 Å². The first-order chi connectivity index (χ1) is 9.92. The van der Waals surface area contributed by atoms with Crippen LogP contribution in [0.4, 0.5) is 4.39 Å². The van der Waals surface area contributed by atoms with Crippen LogP contribution in [0.15, 0.2) is 24.3 Å². The maximum Gasteiger partial charge on any atom is 0.308 e. The summed E-state index contributed by atoms with van der Waals surface area (Å²) in [5.41, 5.74) is 0. The molecule has 2 aromatic rings. The number of aliphatic carboxylic acids is 1. The summed E-state index contributed by atoms with van der Waals surface area (Å²) >= 11 is 1.29. The van der Waals surface area contributed by atoms with Crippen molar-refractivity contribution in [2.45, 2.75) is 13.8 Å². The summed E-state index contributed by atoms with van der Waals surface area (Å²) in [4.78, 5) is 25.3. The predicted octanol–water partition coefficient (Wildman–Crippen LogP) is 3.22. The first kappa shape index (κ1) is 15.4. The number of carbonyl (C=O) groups excluding carboxylic acids is 1. The standard InChI is InChI=1S/C15H16FNO3S/c1-3-17(8-9(2)15(19)20)14(18)13-7-10-6-11(16)4-5-12(10)21-13/h4-7,9H,3,8H2,1-2H3,(H,19,20). The molecule has 1 atom stereocenters. The number of carboxylic acid groups (broad SMARTS) is 1. The number of nitrogens with zero attached hydrogens (tertiary/aromatic N) is 1. The van der Waals surface area contributed by atoms with Crippen molar-refractivity contribution in [2.75, 3.05) is 13.1 Å². The Hall–Kier alpha value is -1.95. The number of thiophene rings is 1. The summed E-state index contributed by atoms with van der Waals surface area (Å²) in [6, 6.07) is 6.04. The molecule has 0 saturated carbocycles. The van der Waals surface area contributed by atoms with E-state index >= 15 is 0 Å². The second kappa shape index (κ2) is 6.22. The van der Waals surface area contributed by atoms with Gasteiger partial charge in [0.1, 0.15) is 5.82 Å².